The standard InChI is InChI=1S/C29H38N4O3S/c1-6-10-36-23-13-21(17(3)4)18(7-2)11-22(23)32-26-25-20-9-8-19(28(34)33-14-29(5,35)15-33)12-24(20)37-27(25)31-16-30-26/h11,13,16-17,19,35H,6-10,12,14-15H2,1-5H3,(H,30,31,32). The molecule has 0 bridgehead atoms. The summed E-state index contributed by atoms with van der Waals surface area (Å²) in [6, 6.07) is 4.40. The number of aromatic nitrogens is 2. The van der Waals surface area contributed by atoms with Gasteiger partial charge in [-0.2, -0.15) is 0 Å². The monoisotopic (exact) mass is 522 g/mol. The fraction of sp³-hybridized carbons (Fsp3) is 0.552. The van der Waals surface area contributed by atoms with Crippen molar-refractivity contribution in [2.45, 2.75) is 78.2 Å². The van der Waals surface area contributed by atoms with Crippen molar-refractivity contribution >= 4 is 39.0 Å². The summed E-state index contributed by atoms with van der Waals surface area (Å²) in [6.45, 7) is 12.1. The van der Waals surface area contributed by atoms with Gasteiger partial charge in [-0.05, 0) is 73.8 Å². The van der Waals surface area contributed by atoms with E-state index in [1.165, 1.54) is 21.6 Å². The molecule has 1 aliphatic heterocycles. The number of anilines is 2. The van der Waals surface area contributed by atoms with Crippen LogP contribution in [0.25, 0.3) is 10.2 Å². The molecule has 8 heteroatoms. The molecule has 3 heterocycles. The SMILES string of the molecule is CCCOc1cc(C(C)C)c(CC)cc1Nc1ncnc2sc3c(c12)CCC(C(=O)N1CC(C)(O)C1)C3. The number of amides is 1. The third-order valence-corrected chi connectivity index (χ3v) is 8.69. The molecule has 37 heavy (non-hydrogen) atoms. The Bertz CT molecular complexity index is 1310. The third-order valence-electron chi connectivity index (χ3n) is 7.53. The molecule has 3 aromatic rings. The minimum absolute atomic E-state index is 0.0363. The fourth-order valence-corrected chi connectivity index (χ4v) is 6.91. The van der Waals surface area contributed by atoms with Crippen LogP contribution in [0.3, 0.4) is 0 Å². The molecular formula is C29H38N4O3S. The maximum Gasteiger partial charge on any atom is 0.226 e. The van der Waals surface area contributed by atoms with Crippen LogP contribution in [-0.2, 0) is 24.1 Å². The molecule has 1 saturated heterocycles. The first-order valence-corrected chi connectivity index (χ1v) is 14.4. The van der Waals surface area contributed by atoms with Crippen molar-refractivity contribution in [1.82, 2.24) is 14.9 Å². The Morgan fingerprint density at radius 1 is 1.30 bits per heavy atom. The maximum atomic E-state index is 13.0. The number of aliphatic hydroxyl groups is 1. The summed E-state index contributed by atoms with van der Waals surface area (Å²) in [5, 5.41) is 14.7. The molecule has 2 aliphatic rings. The van der Waals surface area contributed by atoms with Gasteiger partial charge in [-0.15, -0.1) is 11.3 Å². The number of carbonyl (C=O) groups is 1. The smallest absolute Gasteiger partial charge is 0.226 e. The summed E-state index contributed by atoms with van der Waals surface area (Å²) in [5.41, 5.74) is 4.08. The van der Waals surface area contributed by atoms with Crippen molar-refractivity contribution in [1.29, 1.82) is 0 Å². The van der Waals surface area contributed by atoms with Crippen LogP contribution in [0.2, 0.25) is 0 Å². The Morgan fingerprint density at radius 2 is 2.08 bits per heavy atom. The topological polar surface area (TPSA) is 87.6 Å². The molecule has 0 saturated carbocycles. The van der Waals surface area contributed by atoms with Crippen LogP contribution in [0, 0.1) is 5.92 Å². The Hall–Kier alpha value is -2.71. The Labute approximate surface area is 223 Å². The summed E-state index contributed by atoms with van der Waals surface area (Å²) in [4.78, 5) is 26.2. The normalized spacial score (nSPS) is 18.6. The van der Waals surface area contributed by atoms with E-state index in [2.05, 4.69) is 55.1 Å². The third kappa shape index (κ3) is 5.06. The first-order chi connectivity index (χ1) is 17.7. The van der Waals surface area contributed by atoms with Crippen LogP contribution >= 0.6 is 11.3 Å². The van der Waals surface area contributed by atoms with E-state index in [9.17, 15) is 9.90 Å². The molecule has 7 nitrogen and oxygen atoms in total. The van der Waals surface area contributed by atoms with E-state index in [0.29, 0.717) is 25.6 Å². The van der Waals surface area contributed by atoms with Gasteiger partial charge in [-0.1, -0.05) is 27.7 Å². The van der Waals surface area contributed by atoms with E-state index in [1.54, 1.807) is 29.5 Å². The average Bonchev–Trinajstić information content (AvgIpc) is 3.24. The second-order valence-electron chi connectivity index (χ2n) is 11.1. The van der Waals surface area contributed by atoms with Gasteiger partial charge in [-0.25, -0.2) is 9.97 Å². The number of nitrogens with zero attached hydrogens (tertiary/aromatic N) is 3. The van der Waals surface area contributed by atoms with E-state index in [1.807, 2.05) is 0 Å². The van der Waals surface area contributed by atoms with Crippen LogP contribution in [0.1, 0.15) is 74.9 Å². The zero-order chi connectivity index (χ0) is 26.3. The minimum atomic E-state index is -0.742. The van der Waals surface area contributed by atoms with Gasteiger partial charge < -0.3 is 20.1 Å². The van der Waals surface area contributed by atoms with Crippen molar-refractivity contribution in [2.24, 2.45) is 5.92 Å². The second-order valence-corrected chi connectivity index (χ2v) is 12.1. The lowest BCUT2D eigenvalue weighted by molar-refractivity contribution is -0.156. The lowest BCUT2D eigenvalue weighted by Gasteiger charge is -2.45. The van der Waals surface area contributed by atoms with Gasteiger partial charge in [0.05, 0.1) is 36.4 Å². The summed E-state index contributed by atoms with van der Waals surface area (Å²) < 4.78 is 6.19. The highest BCUT2D eigenvalue weighted by Crippen LogP contribution is 2.42. The molecule has 2 N–H and O–H groups in total. The van der Waals surface area contributed by atoms with E-state index in [0.717, 1.165) is 59.6 Å². The van der Waals surface area contributed by atoms with E-state index in [4.69, 9.17) is 4.74 Å². The van der Waals surface area contributed by atoms with Crippen molar-refractivity contribution < 1.29 is 14.6 Å². The van der Waals surface area contributed by atoms with Gasteiger partial charge in [-0.3, -0.25) is 4.79 Å². The second kappa shape index (κ2) is 10.2. The highest BCUT2D eigenvalue weighted by atomic mass is 32.1. The molecule has 0 radical (unpaired) electrons. The predicted octanol–water partition coefficient (Wildman–Crippen LogP) is 5.61. The Morgan fingerprint density at radius 3 is 2.76 bits per heavy atom. The molecule has 5 rings (SSSR count). The molecule has 1 aromatic carbocycles. The number of carbonyl (C=O) groups excluding carboxylic acids is 1. The number of hydrogen-bond acceptors (Lipinski definition) is 7. The van der Waals surface area contributed by atoms with Crippen LogP contribution in [-0.4, -0.2) is 51.2 Å². The highest BCUT2D eigenvalue weighted by Gasteiger charge is 2.42. The van der Waals surface area contributed by atoms with Gasteiger partial charge >= 0.3 is 0 Å². The van der Waals surface area contributed by atoms with E-state index >= 15 is 0 Å². The molecule has 0 spiro atoms. The fourth-order valence-electron chi connectivity index (χ4n) is 5.65. The number of benzene rings is 1. The lowest BCUT2D eigenvalue weighted by Crippen LogP contribution is -2.63. The van der Waals surface area contributed by atoms with Gasteiger partial charge in [0.1, 0.15) is 22.7 Å². The first kappa shape index (κ1) is 25.9. The molecule has 1 fully saturated rings. The van der Waals surface area contributed by atoms with Crippen molar-refractivity contribution in [3.8, 4) is 5.75 Å². The molecule has 1 amide bonds. The minimum Gasteiger partial charge on any atom is -0.491 e. The average molecular weight is 523 g/mol. The highest BCUT2D eigenvalue weighted by molar-refractivity contribution is 7.19. The summed E-state index contributed by atoms with van der Waals surface area (Å²) in [7, 11) is 0. The van der Waals surface area contributed by atoms with E-state index < -0.39 is 5.60 Å². The number of ether oxygens (including phenoxy) is 1. The first-order valence-electron chi connectivity index (χ1n) is 13.5. The number of fused-ring (bicyclic) bond motifs is 3. The van der Waals surface area contributed by atoms with Gasteiger partial charge in [0.15, 0.2) is 0 Å². The largest absolute Gasteiger partial charge is 0.491 e. The maximum absolute atomic E-state index is 13.0. The molecule has 1 aliphatic carbocycles. The van der Waals surface area contributed by atoms with Crippen molar-refractivity contribution in [2.75, 3.05) is 25.0 Å². The summed E-state index contributed by atoms with van der Waals surface area (Å²) >= 11 is 1.67. The number of likely N-dealkylation sites (tertiary alicyclic amines) is 1. The van der Waals surface area contributed by atoms with Crippen molar-refractivity contribution in [3.05, 3.63) is 40.0 Å². The molecule has 1 atom stereocenters. The van der Waals surface area contributed by atoms with Crippen LogP contribution in [0.4, 0.5) is 11.5 Å². The van der Waals surface area contributed by atoms with Crippen LogP contribution in [0.5, 0.6) is 5.75 Å². The number of nitrogens with one attached hydrogen (secondary N) is 1. The Kier molecular flexibility index (Phi) is 7.16. The predicted molar refractivity (Wildman–Crippen MR) is 149 cm³/mol. The molecule has 2 aromatic heterocycles. The summed E-state index contributed by atoms with van der Waals surface area (Å²) in [6.07, 6.45) is 5.86. The number of aryl methyl sites for hydroxylation is 2. The quantitative estimate of drug-likeness (QED) is 0.400. The number of β-amino-alcohol motifs (C(OH)–C–C–N with tert-alkyl or cyclic N) is 1. The summed E-state index contributed by atoms with van der Waals surface area (Å²) in [5.74, 6) is 2.20. The van der Waals surface area contributed by atoms with Crippen molar-refractivity contribution in [3.63, 3.8) is 0 Å². The van der Waals surface area contributed by atoms with Crippen LogP contribution < -0.4 is 10.1 Å². The van der Waals surface area contributed by atoms with Crippen LogP contribution in [0.15, 0.2) is 18.5 Å². The zero-order valence-corrected chi connectivity index (χ0v) is 23.4. The number of thiophene rings is 1. The molecule has 1 unspecified atom stereocenters. The van der Waals surface area contributed by atoms with Gasteiger partial charge in [0.2, 0.25) is 5.91 Å². The molecule has 198 valence electrons. The number of rotatable bonds is 8. The molecular weight excluding hydrogens is 484 g/mol. The van der Waals surface area contributed by atoms with E-state index in [-0.39, 0.29) is 11.8 Å². The lowest BCUT2D eigenvalue weighted by atomic mass is 9.85. The number of hydrogen-bond donors (Lipinski definition) is 2. The Balaban J connectivity index is 1.46. The van der Waals surface area contributed by atoms with Gasteiger partial charge in [0.25, 0.3) is 0 Å². The zero-order valence-electron chi connectivity index (χ0n) is 22.6. The van der Waals surface area contributed by atoms with Gasteiger partial charge in [0, 0.05) is 10.8 Å².